The maximum Gasteiger partial charge on any atom is 0.329 e. The number of amides is 6. The Labute approximate surface area is 382 Å². The van der Waals surface area contributed by atoms with E-state index in [1.54, 1.807) is 4.68 Å². The molecule has 21 heteroatoms. The summed E-state index contributed by atoms with van der Waals surface area (Å²) in [6.45, 7) is 3.83. The molecular weight excluding hydrogens is 871 g/mol. The van der Waals surface area contributed by atoms with Crippen molar-refractivity contribution in [1.82, 2.24) is 34.9 Å². The van der Waals surface area contributed by atoms with E-state index in [0.717, 1.165) is 16.5 Å². The minimum Gasteiger partial charge on any atom is -0.462 e. The quantitative estimate of drug-likeness (QED) is 0.0465. The average Bonchev–Trinajstić information content (AvgIpc) is 4.02. The van der Waals surface area contributed by atoms with E-state index in [1.807, 2.05) is 54.6 Å². The van der Waals surface area contributed by atoms with E-state index >= 15 is 0 Å². The molecule has 4 N–H and O–H groups in total. The average molecular weight is 916 g/mol. The van der Waals surface area contributed by atoms with Crippen molar-refractivity contribution in [3.05, 3.63) is 103 Å². The van der Waals surface area contributed by atoms with Crippen LogP contribution >= 0.6 is 0 Å². The molecule has 0 spiro atoms. The smallest absolute Gasteiger partial charge is 0.329 e. The molecule has 3 aliphatic rings. The highest BCUT2D eigenvalue weighted by molar-refractivity contribution is 6.26. The number of hydrogen-bond donors (Lipinski definition) is 3. The summed E-state index contributed by atoms with van der Waals surface area (Å²) in [7, 11) is 0. The van der Waals surface area contributed by atoms with E-state index in [-0.39, 0.29) is 94.7 Å². The number of benzene rings is 3. The number of nitrogens with one attached hydrogen (secondary N) is 2. The first-order valence-corrected chi connectivity index (χ1v) is 21.3. The molecular formula is C46H45N9O12. The fourth-order valence-electron chi connectivity index (χ4n) is 8.04. The van der Waals surface area contributed by atoms with Gasteiger partial charge in [0, 0.05) is 24.9 Å². The molecule has 5 heterocycles. The van der Waals surface area contributed by atoms with Crippen LogP contribution in [0.5, 0.6) is 11.5 Å². The van der Waals surface area contributed by atoms with Gasteiger partial charge in [-0.1, -0.05) is 30.8 Å². The number of nitrogens with two attached hydrogens (primary N) is 1. The van der Waals surface area contributed by atoms with E-state index in [9.17, 15) is 33.6 Å². The van der Waals surface area contributed by atoms with Gasteiger partial charge in [0.25, 0.3) is 11.8 Å². The number of likely N-dealkylation sites (tertiary alicyclic amines) is 1. The zero-order chi connectivity index (χ0) is 47.0. The van der Waals surface area contributed by atoms with E-state index in [2.05, 4.69) is 27.2 Å². The third-order valence-electron chi connectivity index (χ3n) is 11.2. The van der Waals surface area contributed by atoms with Crippen LogP contribution in [0.2, 0.25) is 0 Å². The maximum absolute atomic E-state index is 13.4. The van der Waals surface area contributed by atoms with Crippen molar-refractivity contribution in [2.24, 2.45) is 0 Å². The molecule has 0 aliphatic carbocycles. The predicted molar refractivity (Wildman–Crippen MR) is 236 cm³/mol. The largest absolute Gasteiger partial charge is 0.462 e. The summed E-state index contributed by atoms with van der Waals surface area (Å²) in [6.07, 6.45) is 2.64. The van der Waals surface area contributed by atoms with Gasteiger partial charge in [-0.25, -0.2) is 19.4 Å². The third kappa shape index (κ3) is 10.0. The number of carbonyl (C=O) groups is 7. The first kappa shape index (κ1) is 45.7. The van der Waals surface area contributed by atoms with E-state index < -0.39 is 59.5 Å². The summed E-state index contributed by atoms with van der Waals surface area (Å²) in [5.41, 5.74) is 8.13. The number of anilines is 2. The molecule has 0 radical (unpaired) electrons. The number of esters is 1. The van der Waals surface area contributed by atoms with Crippen LogP contribution in [0.1, 0.15) is 46.0 Å². The molecule has 2 saturated heterocycles. The zero-order valence-corrected chi connectivity index (χ0v) is 36.0. The lowest BCUT2D eigenvalue weighted by Gasteiger charge is -2.27. The number of rotatable bonds is 19. The van der Waals surface area contributed by atoms with Crippen molar-refractivity contribution in [3.63, 3.8) is 0 Å². The summed E-state index contributed by atoms with van der Waals surface area (Å²) < 4.78 is 29.6. The van der Waals surface area contributed by atoms with Gasteiger partial charge in [0.2, 0.25) is 23.6 Å². The number of hydrogen-bond acceptors (Lipinski definition) is 16. The number of fused-ring (bicyclic) bond motifs is 2. The van der Waals surface area contributed by atoms with Crippen LogP contribution in [-0.2, 0) is 42.9 Å². The van der Waals surface area contributed by atoms with Crippen LogP contribution in [0, 0.1) is 0 Å². The van der Waals surface area contributed by atoms with Crippen molar-refractivity contribution >= 4 is 64.0 Å². The first-order chi connectivity index (χ1) is 32.5. The molecule has 6 amide bonds. The van der Waals surface area contributed by atoms with Crippen molar-refractivity contribution < 1.29 is 57.2 Å². The molecule has 0 saturated carbocycles. The summed E-state index contributed by atoms with van der Waals surface area (Å²) in [5, 5.41) is 10.1. The van der Waals surface area contributed by atoms with Gasteiger partial charge in [-0.3, -0.25) is 39.0 Å². The number of piperidine rings is 1. The third-order valence-corrected chi connectivity index (χ3v) is 11.2. The number of para-hydroxylation sites is 1. The Morgan fingerprint density at radius 3 is 2.30 bits per heavy atom. The molecule has 67 heavy (non-hydrogen) atoms. The van der Waals surface area contributed by atoms with Gasteiger partial charge in [-0.2, -0.15) is 5.10 Å². The molecule has 21 nitrogen and oxygen atoms in total. The lowest BCUT2D eigenvalue weighted by Crippen LogP contribution is -2.54. The molecule has 8 rings (SSSR count). The molecule has 346 valence electrons. The molecule has 3 aliphatic heterocycles. The minimum absolute atomic E-state index is 0.00394. The van der Waals surface area contributed by atoms with Crippen LogP contribution in [0.3, 0.4) is 0 Å². The Kier molecular flexibility index (Phi) is 14.0. The first-order valence-electron chi connectivity index (χ1n) is 21.3. The van der Waals surface area contributed by atoms with Crippen LogP contribution in [-0.4, -0.2) is 136 Å². The van der Waals surface area contributed by atoms with Crippen LogP contribution in [0.15, 0.2) is 91.8 Å². The molecule has 3 aromatic carbocycles. The van der Waals surface area contributed by atoms with Crippen molar-refractivity contribution in [2.45, 2.75) is 37.4 Å². The standard InChI is InChI=1S/C46H45N9O12/c1-2-37(58)53-24-28(55-42-39(41(47)48-26-49-42)40(52-55)27-11-13-30(14-12-27)67-29-7-4-3-5-8-29)23-34(53)46(62)66-22-21-64-18-17-63-19-20-65-25-36(57)50-32-10-6-9-31-38(32)45(61)54(44(31)60)33-15-16-35(56)51-43(33)59/h2-14,26,28,33-34H,1,15-25H2,(H,50,57)(H2,47,48,49)(H,51,56,59)/t28-,33?,34-/m0/s1. The highest BCUT2D eigenvalue weighted by Gasteiger charge is 2.46. The van der Waals surface area contributed by atoms with E-state index in [0.29, 0.717) is 28.2 Å². The molecule has 2 fully saturated rings. The number of carbonyl (C=O) groups excluding carboxylic acids is 7. The highest BCUT2D eigenvalue weighted by atomic mass is 16.6. The zero-order valence-electron chi connectivity index (χ0n) is 36.0. The SMILES string of the molecule is C=CC(=O)N1C[C@@H](n2nc(-c3ccc(Oc4ccccc4)cc3)c3c(N)ncnc32)C[C@H]1C(=O)OCCOCCOCCOCC(=O)Nc1cccc2c1C(=O)N(C1CCC(=O)NC1=O)C2=O. The summed E-state index contributed by atoms with van der Waals surface area (Å²) in [6, 6.07) is 18.6. The number of ether oxygens (including phenoxy) is 5. The second-order valence-corrected chi connectivity index (χ2v) is 15.5. The normalized spacial score (nSPS) is 17.9. The lowest BCUT2D eigenvalue weighted by molar-refractivity contribution is -0.153. The second kappa shape index (κ2) is 20.5. The lowest BCUT2D eigenvalue weighted by atomic mass is 10.0. The second-order valence-electron chi connectivity index (χ2n) is 15.5. The van der Waals surface area contributed by atoms with Gasteiger partial charge >= 0.3 is 5.97 Å². The Morgan fingerprint density at radius 2 is 1.57 bits per heavy atom. The predicted octanol–water partition coefficient (Wildman–Crippen LogP) is 2.83. The molecule has 5 aromatic rings. The van der Waals surface area contributed by atoms with Crippen LogP contribution < -0.4 is 21.1 Å². The Morgan fingerprint density at radius 1 is 0.851 bits per heavy atom. The Bertz CT molecular complexity index is 2730. The molecule has 1 unspecified atom stereocenters. The van der Waals surface area contributed by atoms with Crippen molar-refractivity contribution in [1.29, 1.82) is 0 Å². The summed E-state index contributed by atoms with van der Waals surface area (Å²) in [4.78, 5) is 100. The van der Waals surface area contributed by atoms with Gasteiger partial charge < -0.3 is 39.6 Å². The molecule has 0 bridgehead atoms. The number of aromatic nitrogens is 4. The minimum atomic E-state index is -1.14. The summed E-state index contributed by atoms with van der Waals surface area (Å²) >= 11 is 0. The van der Waals surface area contributed by atoms with Gasteiger partial charge in [-0.15, -0.1) is 0 Å². The highest BCUT2D eigenvalue weighted by Crippen LogP contribution is 2.37. The monoisotopic (exact) mass is 915 g/mol. The fraction of sp³-hybridized carbons (Fsp3) is 0.304. The van der Waals surface area contributed by atoms with Crippen LogP contribution in [0.25, 0.3) is 22.3 Å². The fourth-order valence-corrected chi connectivity index (χ4v) is 8.04. The van der Waals surface area contributed by atoms with E-state index in [4.69, 9.17) is 34.5 Å². The Balaban J connectivity index is 0.758. The number of nitrogens with zero attached hydrogens (tertiary/aromatic N) is 6. The van der Waals surface area contributed by atoms with Crippen LogP contribution in [0.4, 0.5) is 11.5 Å². The van der Waals surface area contributed by atoms with E-state index in [1.165, 1.54) is 29.4 Å². The number of imide groups is 2. The summed E-state index contributed by atoms with van der Waals surface area (Å²) in [5.74, 6) is -2.78. The maximum atomic E-state index is 13.4. The van der Waals surface area contributed by atoms with Gasteiger partial charge in [0.15, 0.2) is 5.65 Å². The molecule has 2 aromatic heterocycles. The van der Waals surface area contributed by atoms with Gasteiger partial charge in [-0.05, 0) is 61.0 Å². The van der Waals surface area contributed by atoms with Gasteiger partial charge in [0.1, 0.15) is 54.6 Å². The molecule has 3 atom stereocenters. The van der Waals surface area contributed by atoms with Crippen molar-refractivity contribution in [3.8, 4) is 22.8 Å². The number of nitrogen functional groups attached to an aromatic ring is 1. The Hall–Kier alpha value is -7.88. The topological polar surface area (TPSA) is 266 Å². The van der Waals surface area contributed by atoms with Gasteiger partial charge in [0.05, 0.1) is 61.3 Å². The van der Waals surface area contributed by atoms with Crippen molar-refractivity contribution in [2.75, 3.05) is 63.8 Å².